The van der Waals surface area contributed by atoms with Crippen LogP contribution in [0.2, 0.25) is 5.02 Å². The van der Waals surface area contributed by atoms with Gasteiger partial charge in [0.2, 0.25) is 15.9 Å². The number of carbonyl (C=O) groups is 1. The molecule has 0 aliphatic carbocycles. The van der Waals surface area contributed by atoms with Crippen molar-refractivity contribution in [1.82, 2.24) is 24.2 Å². The zero-order valence-corrected chi connectivity index (χ0v) is 22.1. The SMILES string of the molecule is CC1C(=O)N(Cc2cn(Cc3ccco3)nn2)CCS(=O)(=O)N1Cc1ccc(-c2ccc(F)cc2Cl)cc1. The molecule has 0 radical (unpaired) electrons. The second kappa shape index (κ2) is 10.7. The Morgan fingerprint density at radius 1 is 1.11 bits per heavy atom. The van der Waals surface area contributed by atoms with Crippen LogP contribution in [0.4, 0.5) is 4.39 Å². The molecule has 5 rings (SSSR count). The summed E-state index contributed by atoms with van der Waals surface area (Å²) >= 11 is 6.17. The van der Waals surface area contributed by atoms with Gasteiger partial charge in [-0.05, 0) is 48.4 Å². The first-order valence-electron chi connectivity index (χ1n) is 11.9. The Morgan fingerprint density at radius 2 is 1.89 bits per heavy atom. The largest absolute Gasteiger partial charge is 0.467 e. The van der Waals surface area contributed by atoms with Crippen LogP contribution in [-0.4, -0.2) is 56.9 Å². The van der Waals surface area contributed by atoms with Crippen molar-refractivity contribution in [1.29, 1.82) is 0 Å². The molecule has 4 aromatic rings. The summed E-state index contributed by atoms with van der Waals surface area (Å²) in [6.45, 7) is 2.24. The fourth-order valence-corrected chi connectivity index (χ4v) is 6.29. The highest BCUT2D eigenvalue weighted by molar-refractivity contribution is 7.89. The van der Waals surface area contributed by atoms with Crippen LogP contribution in [0.25, 0.3) is 11.1 Å². The first-order chi connectivity index (χ1) is 18.2. The molecule has 1 amide bonds. The number of benzene rings is 2. The van der Waals surface area contributed by atoms with Crippen LogP contribution < -0.4 is 0 Å². The zero-order valence-electron chi connectivity index (χ0n) is 20.5. The molecule has 38 heavy (non-hydrogen) atoms. The van der Waals surface area contributed by atoms with Gasteiger partial charge in [0.1, 0.15) is 29.9 Å². The number of nitrogens with zero attached hydrogens (tertiary/aromatic N) is 5. The third-order valence-electron chi connectivity index (χ3n) is 6.45. The van der Waals surface area contributed by atoms with Crippen molar-refractivity contribution in [3.05, 3.63) is 94.9 Å². The van der Waals surface area contributed by atoms with Crippen LogP contribution in [0.1, 0.15) is 23.9 Å². The zero-order chi connectivity index (χ0) is 26.9. The molecule has 12 heteroatoms. The standard InChI is InChI=1S/C26H25ClFN5O4S/c1-18-26(34)31(15-22-16-32(30-29-22)17-23-3-2-11-37-23)10-12-38(35,36)33(18)14-19-4-6-20(7-5-19)24-9-8-21(28)13-25(24)27/h2-9,11,13,16,18H,10,12,14-15,17H2,1H3. The lowest BCUT2D eigenvalue weighted by molar-refractivity contribution is -0.134. The smallest absolute Gasteiger partial charge is 0.241 e. The molecule has 0 spiro atoms. The molecule has 1 saturated heterocycles. The number of hydrogen-bond acceptors (Lipinski definition) is 6. The summed E-state index contributed by atoms with van der Waals surface area (Å²) in [6, 6.07) is 14.0. The van der Waals surface area contributed by atoms with Crippen LogP contribution in [0.3, 0.4) is 0 Å². The van der Waals surface area contributed by atoms with Gasteiger partial charge in [0.25, 0.3) is 0 Å². The van der Waals surface area contributed by atoms with Crippen molar-refractivity contribution in [3.8, 4) is 11.1 Å². The lowest BCUT2D eigenvalue weighted by Gasteiger charge is -2.26. The number of carbonyl (C=O) groups excluding carboxylic acids is 1. The highest BCUT2D eigenvalue weighted by Gasteiger charge is 2.38. The monoisotopic (exact) mass is 557 g/mol. The van der Waals surface area contributed by atoms with Gasteiger partial charge in [-0.15, -0.1) is 5.10 Å². The second-order valence-electron chi connectivity index (χ2n) is 9.10. The van der Waals surface area contributed by atoms with Crippen LogP contribution in [0.15, 0.2) is 71.5 Å². The maximum absolute atomic E-state index is 13.4. The van der Waals surface area contributed by atoms with E-state index in [4.69, 9.17) is 16.0 Å². The average molecular weight is 558 g/mol. The minimum atomic E-state index is -3.71. The minimum absolute atomic E-state index is 0.0415. The van der Waals surface area contributed by atoms with Crippen molar-refractivity contribution < 1.29 is 22.0 Å². The van der Waals surface area contributed by atoms with E-state index in [1.165, 1.54) is 21.3 Å². The van der Waals surface area contributed by atoms with Gasteiger partial charge in [0.05, 0.1) is 29.8 Å². The van der Waals surface area contributed by atoms with E-state index in [1.54, 1.807) is 60.5 Å². The number of amides is 1. The lowest BCUT2D eigenvalue weighted by Crippen LogP contribution is -2.45. The fourth-order valence-electron chi connectivity index (χ4n) is 4.41. The van der Waals surface area contributed by atoms with E-state index in [0.29, 0.717) is 23.4 Å². The molecule has 0 N–H and O–H groups in total. The Hall–Kier alpha value is -3.54. The van der Waals surface area contributed by atoms with Crippen molar-refractivity contribution >= 4 is 27.5 Å². The number of rotatable bonds is 7. The molecule has 1 aliphatic heterocycles. The van der Waals surface area contributed by atoms with Gasteiger partial charge in [-0.25, -0.2) is 17.5 Å². The summed E-state index contributed by atoms with van der Waals surface area (Å²) < 4.78 is 47.9. The predicted octanol–water partition coefficient (Wildman–Crippen LogP) is 3.94. The van der Waals surface area contributed by atoms with Gasteiger partial charge in [0, 0.05) is 18.7 Å². The molecule has 198 valence electrons. The molecule has 1 unspecified atom stereocenters. The molecule has 1 aliphatic rings. The summed E-state index contributed by atoms with van der Waals surface area (Å²) in [5.41, 5.74) is 2.71. The Balaban J connectivity index is 1.29. The molecule has 1 atom stereocenters. The topological polar surface area (TPSA) is 102 Å². The normalized spacial score (nSPS) is 18.0. The van der Waals surface area contributed by atoms with E-state index in [0.717, 1.165) is 11.3 Å². The highest BCUT2D eigenvalue weighted by Crippen LogP contribution is 2.29. The van der Waals surface area contributed by atoms with E-state index in [2.05, 4.69) is 10.3 Å². The van der Waals surface area contributed by atoms with Crippen molar-refractivity contribution in [2.24, 2.45) is 0 Å². The molecule has 0 saturated carbocycles. The van der Waals surface area contributed by atoms with Crippen LogP contribution in [0.5, 0.6) is 0 Å². The Bertz CT molecular complexity index is 1540. The summed E-state index contributed by atoms with van der Waals surface area (Å²) in [5, 5.41) is 8.49. The third kappa shape index (κ3) is 5.64. The van der Waals surface area contributed by atoms with Crippen molar-refractivity contribution in [2.45, 2.75) is 32.6 Å². The molecule has 2 aromatic carbocycles. The fraction of sp³-hybridized carbons (Fsp3) is 0.269. The minimum Gasteiger partial charge on any atom is -0.467 e. The predicted molar refractivity (Wildman–Crippen MR) is 139 cm³/mol. The third-order valence-corrected chi connectivity index (χ3v) is 8.62. The molecule has 2 aromatic heterocycles. The average Bonchev–Trinajstić information content (AvgIpc) is 3.55. The van der Waals surface area contributed by atoms with E-state index in [9.17, 15) is 17.6 Å². The quantitative estimate of drug-likeness (QED) is 0.341. The van der Waals surface area contributed by atoms with Crippen molar-refractivity contribution in [2.75, 3.05) is 12.3 Å². The summed E-state index contributed by atoms with van der Waals surface area (Å²) in [6.07, 6.45) is 3.29. The number of sulfonamides is 1. The van der Waals surface area contributed by atoms with E-state index < -0.39 is 21.9 Å². The number of halogens is 2. The van der Waals surface area contributed by atoms with Crippen molar-refractivity contribution in [3.63, 3.8) is 0 Å². The highest BCUT2D eigenvalue weighted by atomic mass is 35.5. The van der Waals surface area contributed by atoms with Gasteiger partial charge in [-0.2, -0.15) is 4.31 Å². The molecular weight excluding hydrogens is 533 g/mol. The number of furan rings is 1. The maximum Gasteiger partial charge on any atom is 0.241 e. The van der Waals surface area contributed by atoms with Gasteiger partial charge in [0.15, 0.2) is 0 Å². The van der Waals surface area contributed by atoms with Gasteiger partial charge in [-0.1, -0.05) is 41.1 Å². The molecule has 0 bridgehead atoms. The summed E-state index contributed by atoms with van der Waals surface area (Å²) in [4.78, 5) is 14.8. The van der Waals surface area contributed by atoms with Crippen LogP contribution >= 0.6 is 11.6 Å². The maximum atomic E-state index is 13.4. The van der Waals surface area contributed by atoms with Gasteiger partial charge < -0.3 is 9.32 Å². The summed E-state index contributed by atoms with van der Waals surface area (Å²) in [5.74, 6) is -0.210. The molecule has 3 heterocycles. The summed E-state index contributed by atoms with van der Waals surface area (Å²) in [7, 11) is -3.71. The van der Waals surface area contributed by atoms with Crippen LogP contribution in [-0.2, 0) is 34.5 Å². The number of aromatic nitrogens is 3. The molecule has 1 fully saturated rings. The Labute approximate surface area is 224 Å². The second-order valence-corrected chi connectivity index (χ2v) is 11.6. The lowest BCUT2D eigenvalue weighted by atomic mass is 10.0. The van der Waals surface area contributed by atoms with Gasteiger partial charge in [-0.3, -0.25) is 4.79 Å². The van der Waals surface area contributed by atoms with E-state index in [-0.39, 0.29) is 36.3 Å². The first-order valence-corrected chi connectivity index (χ1v) is 13.9. The number of hydrogen-bond donors (Lipinski definition) is 0. The Kier molecular flexibility index (Phi) is 7.33. The molecular formula is C26H25ClFN5O4S. The van der Waals surface area contributed by atoms with Crippen LogP contribution in [0, 0.1) is 5.82 Å². The molecule has 9 nitrogen and oxygen atoms in total. The Morgan fingerprint density at radius 3 is 2.61 bits per heavy atom. The van der Waals surface area contributed by atoms with E-state index >= 15 is 0 Å². The van der Waals surface area contributed by atoms with Gasteiger partial charge >= 0.3 is 0 Å². The first kappa shape index (κ1) is 26.1. The van der Waals surface area contributed by atoms with E-state index in [1.807, 2.05) is 6.07 Å².